The molecule has 0 atom stereocenters. The molecule has 0 unspecified atom stereocenters. The first-order valence-electron chi connectivity index (χ1n) is 7.18. The highest BCUT2D eigenvalue weighted by Crippen LogP contribution is 2.31. The van der Waals surface area contributed by atoms with Crippen molar-refractivity contribution in [2.24, 2.45) is 5.92 Å². The molecule has 0 radical (unpaired) electrons. The lowest BCUT2D eigenvalue weighted by atomic mass is 10.2. The highest BCUT2D eigenvalue weighted by atomic mass is 32.2. The summed E-state index contributed by atoms with van der Waals surface area (Å²) in [6.45, 7) is 5.61. The van der Waals surface area contributed by atoms with Crippen LogP contribution < -0.4 is 5.32 Å². The average Bonchev–Trinajstić information content (AvgIpc) is 3.18. The molecule has 1 saturated carbocycles. The van der Waals surface area contributed by atoms with Crippen LogP contribution in [-0.4, -0.2) is 42.6 Å². The lowest BCUT2D eigenvalue weighted by molar-refractivity contribution is 0.427. The van der Waals surface area contributed by atoms with Crippen molar-refractivity contribution >= 4 is 10.0 Å². The van der Waals surface area contributed by atoms with Gasteiger partial charge in [0.25, 0.3) is 10.0 Å². The van der Waals surface area contributed by atoms with Gasteiger partial charge in [0.1, 0.15) is 0 Å². The summed E-state index contributed by atoms with van der Waals surface area (Å²) < 4.78 is 27.0. The quantitative estimate of drug-likeness (QED) is 0.698. The first kappa shape index (κ1) is 16.0. The van der Waals surface area contributed by atoms with Crippen LogP contribution in [0.3, 0.4) is 0 Å². The number of terminal acetylenes is 1. The zero-order valence-corrected chi connectivity index (χ0v) is 13.3. The van der Waals surface area contributed by atoms with Crippen LogP contribution >= 0.6 is 0 Å². The maximum Gasteiger partial charge on any atom is 0.263 e. The van der Waals surface area contributed by atoms with Crippen LogP contribution in [0.5, 0.6) is 0 Å². The Morgan fingerprint density at radius 3 is 2.81 bits per heavy atom. The van der Waals surface area contributed by atoms with Crippen molar-refractivity contribution in [3.8, 4) is 12.3 Å². The fourth-order valence-electron chi connectivity index (χ4n) is 2.16. The van der Waals surface area contributed by atoms with Gasteiger partial charge in [0.05, 0.1) is 6.54 Å². The fourth-order valence-corrected chi connectivity index (χ4v) is 3.76. The minimum atomic E-state index is -3.65. The highest BCUT2D eigenvalue weighted by molar-refractivity contribution is 7.89. The zero-order chi connectivity index (χ0) is 15.5. The maximum atomic E-state index is 12.8. The Bertz CT molecular complexity index is 626. The zero-order valence-electron chi connectivity index (χ0n) is 12.5. The molecule has 7 heteroatoms. The van der Waals surface area contributed by atoms with Crippen molar-refractivity contribution in [2.75, 3.05) is 19.6 Å². The lowest BCUT2D eigenvalue weighted by Crippen LogP contribution is -2.34. The number of aromatic amines is 1. The van der Waals surface area contributed by atoms with E-state index in [1.54, 1.807) is 0 Å². The molecule has 1 aliphatic carbocycles. The minimum Gasteiger partial charge on any atom is -0.313 e. The van der Waals surface area contributed by atoms with Crippen molar-refractivity contribution in [1.82, 2.24) is 19.8 Å². The van der Waals surface area contributed by atoms with Gasteiger partial charge in [-0.2, -0.15) is 9.40 Å². The van der Waals surface area contributed by atoms with Crippen molar-refractivity contribution in [2.45, 2.75) is 38.3 Å². The Labute approximate surface area is 126 Å². The molecule has 2 N–H and O–H groups in total. The summed E-state index contributed by atoms with van der Waals surface area (Å²) in [5, 5.41) is 10.0. The number of rotatable bonds is 8. The summed E-state index contributed by atoms with van der Waals surface area (Å²) in [6, 6.07) is 0. The fraction of sp³-hybridized carbons (Fsp3) is 0.643. The van der Waals surface area contributed by atoms with Crippen molar-refractivity contribution in [3.63, 3.8) is 0 Å². The molecule has 1 heterocycles. The summed E-state index contributed by atoms with van der Waals surface area (Å²) >= 11 is 0. The molecule has 0 aliphatic heterocycles. The van der Waals surface area contributed by atoms with Crippen LogP contribution in [0.4, 0.5) is 0 Å². The molecule has 0 amide bonds. The topological polar surface area (TPSA) is 78.1 Å². The molecule has 1 aromatic heterocycles. The van der Waals surface area contributed by atoms with E-state index in [-0.39, 0.29) is 11.6 Å². The molecule has 1 aliphatic rings. The number of hydrogen-bond acceptors (Lipinski definition) is 4. The molecule has 0 aromatic carbocycles. The molecule has 6 nitrogen and oxygen atoms in total. The summed E-state index contributed by atoms with van der Waals surface area (Å²) in [5.74, 6) is 2.87. The van der Waals surface area contributed by atoms with Gasteiger partial charge in [0, 0.05) is 24.3 Å². The van der Waals surface area contributed by atoms with Gasteiger partial charge < -0.3 is 5.32 Å². The Morgan fingerprint density at radius 2 is 2.24 bits per heavy atom. The SMILES string of the molecule is C#CCN(CC1CC1)S(=O)(=O)c1n[nH]c(C)c1CNCC. The van der Waals surface area contributed by atoms with Gasteiger partial charge in [-0.3, -0.25) is 5.10 Å². The second-order valence-electron chi connectivity index (χ2n) is 5.36. The van der Waals surface area contributed by atoms with Gasteiger partial charge in [-0.1, -0.05) is 12.8 Å². The Morgan fingerprint density at radius 1 is 1.52 bits per heavy atom. The number of aryl methyl sites for hydroxylation is 1. The number of hydrogen-bond donors (Lipinski definition) is 2. The van der Waals surface area contributed by atoms with E-state index in [0.717, 1.165) is 25.1 Å². The maximum absolute atomic E-state index is 12.8. The smallest absolute Gasteiger partial charge is 0.263 e. The van der Waals surface area contributed by atoms with Crippen LogP contribution in [0, 0.1) is 25.2 Å². The monoisotopic (exact) mass is 310 g/mol. The van der Waals surface area contributed by atoms with Gasteiger partial charge in [0.2, 0.25) is 0 Å². The number of aromatic nitrogens is 2. The Kier molecular flexibility index (Phi) is 5.04. The lowest BCUT2D eigenvalue weighted by Gasteiger charge is -2.19. The molecule has 0 spiro atoms. The summed E-state index contributed by atoms with van der Waals surface area (Å²) in [6.07, 6.45) is 7.47. The van der Waals surface area contributed by atoms with Crippen molar-refractivity contribution in [1.29, 1.82) is 0 Å². The molecule has 0 bridgehead atoms. The van der Waals surface area contributed by atoms with E-state index in [4.69, 9.17) is 6.42 Å². The predicted octanol–water partition coefficient (Wildman–Crippen LogP) is 0.862. The van der Waals surface area contributed by atoms with Crippen LogP contribution in [-0.2, 0) is 16.6 Å². The Balaban J connectivity index is 2.30. The van der Waals surface area contributed by atoms with Gasteiger partial charge in [0.15, 0.2) is 5.03 Å². The summed E-state index contributed by atoms with van der Waals surface area (Å²) in [4.78, 5) is 0. The molecule has 116 valence electrons. The number of sulfonamides is 1. The second-order valence-corrected chi connectivity index (χ2v) is 7.21. The molecule has 1 fully saturated rings. The molecular formula is C14H22N4O2S. The van der Waals surface area contributed by atoms with E-state index >= 15 is 0 Å². The van der Waals surface area contributed by atoms with Crippen LogP contribution in [0.15, 0.2) is 5.03 Å². The number of nitrogens with one attached hydrogen (secondary N) is 2. The predicted molar refractivity (Wildman–Crippen MR) is 81.0 cm³/mol. The molecule has 2 rings (SSSR count). The first-order valence-corrected chi connectivity index (χ1v) is 8.62. The van der Waals surface area contributed by atoms with Gasteiger partial charge in [-0.25, -0.2) is 8.42 Å². The van der Waals surface area contributed by atoms with E-state index in [9.17, 15) is 8.42 Å². The molecule has 21 heavy (non-hydrogen) atoms. The van der Waals surface area contributed by atoms with E-state index in [1.807, 2.05) is 13.8 Å². The molecule has 1 aromatic rings. The third-order valence-corrected chi connectivity index (χ3v) is 5.38. The Hall–Kier alpha value is -1.36. The van der Waals surface area contributed by atoms with Crippen LogP contribution in [0.25, 0.3) is 0 Å². The molecule has 0 saturated heterocycles. The van der Waals surface area contributed by atoms with Crippen molar-refractivity contribution in [3.05, 3.63) is 11.3 Å². The van der Waals surface area contributed by atoms with E-state index in [1.165, 1.54) is 4.31 Å². The molecular weight excluding hydrogens is 288 g/mol. The van der Waals surface area contributed by atoms with Crippen LogP contribution in [0.2, 0.25) is 0 Å². The van der Waals surface area contributed by atoms with E-state index < -0.39 is 10.0 Å². The standard InChI is InChI=1S/C14H22N4O2S/c1-4-8-18(10-12-6-7-12)21(19,20)14-13(9-15-5-2)11(3)16-17-14/h1,12,15H,5-10H2,2-3H3,(H,16,17). The van der Waals surface area contributed by atoms with Gasteiger partial charge in [-0.15, -0.1) is 6.42 Å². The first-order chi connectivity index (χ1) is 10.0. The van der Waals surface area contributed by atoms with Crippen LogP contribution in [0.1, 0.15) is 31.0 Å². The van der Waals surface area contributed by atoms with E-state index in [2.05, 4.69) is 21.4 Å². The minimum absolute atomic E-state index is 0.0887. The normalized spacial score (nSPS) is 15.3. The number of nitrogens with zero attached hydrogens (tertiary/aromatic N) is 2. The third kappa shape index (κ3) is 3.64. The average molecular weight is 310 g/mol. The summed E-state index contributed by atoms with van der Waals surface area (Å²) in [7, 11) is -3.65. The number of H-pyrrole nitrogens is 1. The summed E-state index contributed by atoms with van der Waals surface area (Å²) in [5.41, 5.74) is 1.45. The van der Waals surface area contributed by atoms with E-state index in [0.29, 0.717) is 24.6 Å². The second kappa shape index (κ2) is 6.60. The highest BCUT2D eigenvalue weighted by Gasteiger charge is 2.34. The van der Waals surface area contributed by atoms with Gasteiger partial charge in [-0.05, 0) is 32.2 Å². The van der Waals surface area contributed by atoms with Gasteiger partial charge >= 0.3 is 0 Å². The third-order valence-electron chi connectivity index (χ3n) is 3.60. The van der Waals surface area contributed by atoms with Crippen molar-refractivity contribution < 1.29 is 8.42 Å². The largest absolute Gasteiger partial charge is 0.313 e.